The summed E-state index contributed by atoms with van der Waals surface area (Å²) in [5, 5.41) is 12.7. The van der Waals surface area contributed by atoms with Gasteiger partial charge in [-0.05, 0) is 30.5 Å². The molecule has 1 aliphatic heterocycles. The quantitative estimate of drug-likeness (QED) is 0.679. The number of carboxylic acids is 1. The Balaban J connectivity index is 1.78. The number of nitrogens with two attached hydrogens (primary N) is 1. The molecular weight excluding hydrogens is 284 g/mol. The highest BCUT2D eigenvalue weighted by Crippen LogP contribution is 2.27. The lowest BCUT2D eigenvalue weighted by Crippen LogP contribution is -2.11. The molecule has 0 saturated carbocycles. The fourth-order valence-electron chi connectivity index (χ4n) is 2.22. The first-order valence-electron chi connectivity index (χ1n) is 7.49. The molecular formula is C16H22N2O4. The number of ether oxygens (including phenoxy) is 1. The van der Waals surface area contributed by atoms with E-state index in [9.17, 15) is 4.79 Å². The maximum atomic E-state index is 10.6. The summed E-state index contributed by atoms with van der Waals surface area (Å²) in [6.07, 6.45) is 2.17. The molecule has 0 fully saturated rings. The zero-order valence-electron chi connectivity index (χ0n) is 12.5. The minimum atomic E-state index is -0.782. The highest BCUT2D eigenvalue weighted by Gasteiger charge is 2.22. The van der Waals surface area contributed by atoms with E-state index in [0.717, 1.165) is 29.7 Å². The van der Waals surface area contributed by atoms with E-state index < -0.39 is 5.97 Å². The first-order valence-corrected chi connectivity index (χ1v) is 7.49. The molecule has 3 N–H and O–H groups in total. The average molecular weight is 306 g/mol. The summed E-state index contributed by atoms with van der Waals surface area (Å²) in [5.74, 6) is -0.782. The van der Waals surface area contributed by atoms with E-state index >= 15 is 0 Å². The molecule has 1 aliphatic rings. The predicted molar refractivity (Wildman–Crippen MR) is 82.8 cm³/mol. The van der Waals surface area contributed by atoms with Crippen molar-refractivity contribution in [2.75, 3.05) is 19.8 Å². The second-order valence-electron chi connectivity index (χ2n) is 5.29. The number of carbonyl (C=O) groups is 1. The number of aryl methyl sites for hydroxylation is 1. The van der Waals surface area contributed by atoms with Gasteiger partial charge in [0.2, 0.25) is 0 Å². The van der Waals surface area contributed by atoms with E-state index in [-0.39, 0.29) is 12.5 Å². The van der Waals surface area contributed by atoms with Crippen LogP contribution >= 0.6 is 0 Å². The van der Waals surface area contributed by atoms with E-state index in [1.807, 2.05) is 24.3 Å². The van der Waals surface area contributed by atoms with E-state index in [0.29, 0.717) is 26.2 Å². The molecule has 2 rings (SSSR count). The van der Waals surface area contributed by atoms with Crippen LogP contribution in [0.4, 0.5) is 0 Å². The molecule has 0 aromatic heterocycles. The second-order valence-corrected chi connectivity index (χ2v) is 5.29. The molecule has 1 heterocycles. The molecule has 6 nitrogen and oxygen atoms in total. The van der Waals surface area contributed by atoms with E-state index in [4.69, 9.17) is 20.4 Å². The summed E-state index contributed by atoms with van der Waals surface area (Å²) in [7, 11) is 0. The molecule has 120 valence electrons. The molecule has 1 atom stereocenters. The van der Waals surface area contributed by atoms with Crippen molar-refractivity contribution in [2.24, 2.45) is 10.9 Å². The molecule has 0 aliphatic carbocycles. The number of nitrogens with zero attached hydrogens (tertiary/aromatic N) is 1. The van der Waals surface area contributed by atoms with Crippen molar-refractivity contribution in [2.45, 2.75) is 31.8 Å². The molecule has 0 amide bonds. The van der Waals surface area contributed by atoms with Gasteiger partial charge in [-0.15, -0.1) is 0 Å². The zero-order chi connectivity index (χ0) is 15.8. The van der Waals surface area contributed by atoms with Gasteiger partial charge in [-0.3, -0.25) is 4.79 Å². The Kier molecular flexibility index (Phi) is 6.36. The molecule has 1 aromatic rings. The Labute approximate surface area is 129 Å². The lowest BCUT2D eigenvalue weighted by atomic mass is 10.0. The molecule has 0 saturated heterocycles. The molecule has 1 unspecified atom stereocenters. The monoisotopic (exact) mass is 306 g/mol. The molecule has 0 spiro atoms. The summed E-state index contributed by atoms with van der Waals surface area (Å²) in [4.78, 5) is 16.0. The first kappa shape index (κ1) is 16.5. The maximum absolute atomic E-state index is 10.6. The van der Waals surface area contributed by atoms with Crippen molar-refractivity contribution in [3.63, 3.8) is 0 Å². The Hall–Kier alpha value is -1.92. The van der Waals surface area contributed by atoms with Crippen molar-refractivity contribution in [1.29, 1.82) is 0 Å². The van der Waals surface area contributed by atoms with Gasteiger partial charge in [0.1, 0.15) is 0 Å². The van der Waals surface area contributed by atoms with Crippen LogP contribution < -0.4 is 5.73 Å². The maximum Gasteiger partial charge on any atom is 0.303 e. The highest BCUT2D eigenvalue weighted by molar-refractivity contribution is 5.86. The molecule has 6 heteroatoms. The minimum Gasteiger partial charge on any atom is -0.481 e. The van der Waals surface area contributed by atoms with Gasteiger partial charge in [0.15, 0.2) is 6.10 Å². The van der Waals surface area contributed by atoms with Crippen LogP contribution in [-0.2, 0) is 20.8 Å². The Bertz CT molecular complexity index is 513. The van der Waals surface area contributed by atoms with Crippen LogP contribution in [0.25, 0.3) is 0 Å². The lowest BCUT2D eigenvalue weighted by Gasteiger charge is -2.09. The molecule has 0 radical (unpaired) electrons. The first-order chi connectivity index (χ1) is 10.7. The van der Waals surface area contributed by atoms with E-state index in [2.05, 4.69) is 5.16 Å². The summed E-state index contributed by atoms with van der Waals surface area (Å²) >= 11 is 0. The van der Waals surface area contributed by atoms with Gasteiger partial charge >= 0.3 is 5.97 Å². The third kappa shape index (κ3) is 5.13. The van der Waals surface area contributed by atoms with E-state index in [1.165, 1.54) is 0 Å². The number of rotatable bonds is 9. The van der Waals surface area contributed by atoms with Gasteiger partial charge in [-0.25, -0.2) is 0 Å². The predicted octanol–water partition coefficient (Wildman–Crippen LogP) is 1.89. The number of aliphatic carboxylic acids is 1. The van der Waals surface area contributed by atoms with Gasteiger partial charge in [0, 0.05) is 19.4 Å². The highest BCUT2D eigenvalue weighted by atomic mass is 16.6. The number of hydrogen-bond acceptors (Lipinski definition) is 5. The third-order valence-corrected chi connectivity index (χ3v) is 3.47. The van der Waals surface area contributed by atoms with Gasteiger partial charge in [-0.1, -0.05) is 29.4 Å². The normalized spacial score (nSPS) is 17.1. The fraction of sp³-hybridized carbons (Fsp3) is 0.500. The standard InChI is InChI=1S/C16H22N2O4/c17-8-1-9-21-11-14-10-15(22-18-14)13-5-2-12(3-6-13)4-7-16(19)20/h2-3,5-6,15H,1,4,7-11,17H2,(H,19,20). The summed E-state index contributed by atoms with van der Waals surface area (Å²) in [5.41, 5.74) is 8.35. The van der Waals surface area contributed by atoms with Crippen LogP contribution in [0.1, 0.15) is 36.5 Å². The van der Waals surface area contributed by atoms with Crippen LogP contribution in [0.3, 0.4) is 0 Å². The van der Waals surface area contributed by atoms with Crippen molar-refractivity contribution >= 4 is 11.7 Å². The van der Waals surface area contributed by atoms with Gasteiger partial charge < -0.3 is 20.4 Å². The second kappa shape index (κ2) is 8.51. The lowest BCUT2D eigenvalue weighted by molar-refractivity contribution is -0.136. The van der Waals surface area contributed by atoms with Gasteiger partial charge in [-0.2, -0.15) is 0 Å². The van der Waals surface area contributed by atoms with Crippen molar-refractivity contribution < 1.29 is 19.5 Å². The Morgan fingerprint density at radius 2 is 2.18 bits per heavy atom. The number of hydrogen-bond donors (Lipinski definition) is 2. The Morgan fingerprint density at radius 1 is 1.41 bits per heavy atom. The van der Waals surface area contributed by atoms with Gasteiger partial charge in [0.25, 0.3) is 0 Å². The number of benzene rings is 1. The molecule has 0 bridgehead atoms. The SMILES string of the molecule is NCCCOCC1=NOC(c2ccc(CCC(=O)O)cc2)C1. The topological polar surface area (TPSA) is 94.1 Å². The number of oxime groups is 1. The molecule has 22 heavy (non-hydrogen) atoms. The van der Waals surface area contributed by atoms with E-state index in [1.54, 1.807) is 0 Å². The summed E-state index contributed by atoms with van der Waals surface area (Å²) in [6, 6.07) is 7.82. The fourth-order valence-corrected chi connectivity index (χ4v) is 2.22. The zero-order valence-corrected chi connectivity index (χ0v) is 12.5. The van der Waals surface area contributed by atoms with Crippen molar-refractivity contribution in [3.05, 3.63) is 35.4 Å². The third-order valence-electron chi connectivity index (χ3n) is 3.47. The smallest absolute Gasteiger partial charge is 0.303 e. The largest absolute Gasteiger partial charge is 0.481 e. The summed E-state index contributed by atoms with van der Waals surface area (Å²) < 4.78 is 5.47. The van der Waals surface area contributed by atoms with Gasteiger partial charge in [0.05, 0.1) is 12.3 Å². The minimum absolute atomic E-state index is 0.0818. The average Bonchev–Trinajstić information content (AvgIpc) is 2.99. The molecule has 1 aromatic carbocycles. The van der Waals surface area contributed by atoms with Crippen molar-refractivity contribution in [1.82, 2.24) is 0 Å². The van der Waals surface area contributed by atoms with Crippen LogP contribution in [0.2, 0.25) is 0 Å². The summed E-state index contributed by atoms with van der Waals surface area (Å²) in [6.45, 7) is 1.74. The van der Waals surface area contributed by atoms with Crippen LogP contribution in [-0.4, -0.2) is 36.5 Å². The Morgan fingerprint density at radius 3 is 2.86 bits per heavy atom. The van der Waals surface area contributed by atoms with Crippen LogP contribution in [0, 0.1) is 0 Å². The van der Waals surface area contributed by atoms with Crippen molar-refractivity contribution in [3.8, 4) is 0 Å². The number of carboxylic acid groups (broad SMARTS) is 1. The van der Waals surface area contributed by atoms with Crippen LogP contribution in [0.5, 0.6) is 0 Å². The van der Waals surface area contributed by atoms with Crippen LogP contribution in [0.15, 0.2) is 29.4 Å².